The highest BCUT2D eigenvalue weighted by Crippen LogP contribution is 2.27. The number of aliphatic hydroxyl groups excluding tert-OH is 2. The van der Waals surface area contributed by atoms with Crippen molar-refractivity contribution in [1.29, 1.82) is 0 Å². The second kappa shape index (κ2) is 9.28. The molecule has 0 fully saturated rings. The summed E-state index contributed by atoms with van der Waals surface area (Å²) in [6.07, 6.45) is -1.63. The van der Waals surface area contributed by atoms with Gasteiger partial charge < -0.3 is 15.5 Å². The minimum absolute atomic E-state index is 0.226. The summed E-state index contributed by atoms with van der Waals surface area (Å²) in [5.74, 6) is -1.91. The van der Waals surface area contributed by atoms with Crippen LogP contribution in [-0.2, 0) is 4.79 Å². The minimum atomic E-state index is -1.63. The summed E-state index contributed by atoms with van der Waals surface area (Å²) in [6.45, 7) is -0.763. The zero-order valence-corrected chi connectivity index (χ0v) is 18.1. The molecule has 0 spiro atoms. The molecule has 1 aromatic rings. The van der Waals surface area contributed by atoms with Gasteiger partial charge in [0, 0.05) is 17.8 Å². The Labute approximate surface area is 172 Å². The van der Waals surface area contributed by atoms with Gasteiger partial charge in [-0.3, -0.25) is 25.2 Å². The predicted octanol–water partition coefficient (Wildman–Crippen LogP) is -0.0258. The summed E-state index contributed by atoms with van der Waals surface area (Å²) in [7, 11) is 1.49. The second-order valence-corrected chi connectivity index (χ2v) is 7.53. The molecule has 0 saturated carbocycles. The molecule has 3 amide bonds. The minimum Gasteiger partial charge on any atom is -0.393 e. The molecule has 0 saturated heterocycles. The second-order valence-electron chi connectivity index (χ2n) is 4.13. The molecule has 1 aromatic carbocycles. The van der Waals surface area contributed by atoms with E-state index in [1.54, 1.807) is 6.07 Å². The highest BCUT2D eigenvalue weighted by Gasteiger charge is 2.24. The van der Waals surface area contributed by atoms with E-state index in [9.17, 15) is 14.4 Å². The van der Waals surface area contributed by atoms with Gasteiger partial charge >= 0.3 is 0 Å². The molecule has 0 bridgehead atoms. The first kappa shape index (κ1) is 20.8. The Kier molecular flexibility index (Phi) is 8.39. The average molecular weight is 659 g/mol. The Hall–Kier alpha value is -0.260. The summed E-state index contributed by atoms with van der Waals surface area (Å²) in [6, 6.07) is 1.67. The van der Waals surface area contributed by atoms with E-state index in [1.165, 1.54) is 7.05 Å². The third-order valence-electron chi connectivity index (χ3n) is 2.63. The lowest BCUT2D eigenvalue weighted by molar-refractivity contribution is -0.131. The van der Waals surface area contributed by atoms with Gasteiger partial charge in [-0.1, -0.05) is 0 Å². The van der Waals surface area contributed by atoms with Crippen LogP contribution in [0.3, 0.4) is 0 Å². The van der Waals surface area contributed by atoms with Gasteiger partial charge in [-0.15, -0.1) is 0 Å². The van der Waals surface area contributed by atoms with E-state index in [2.05, 4.69) is 10.7 Å². The Morgan fingerprint density at radius 1 is 1.09 bits per heavy atom. The first-order valence-corrected chi connectivity index (χ1v) is 9.26. The fourth-order valence-electron chi connectivity index (χ4n) is 1.48. The lowest BCUT2D eigenvalue weighted by Crippen LogP contribution is -2.47. The summed E-state index contributed by atoms with van der Waals surface area (Å²) >= 11 is 5.85. The Morgan fingerprint density at radius 2 is 1.61 bits per heavy atom. The van der Waals surface area contributed by atoms with Crippen LogP contribution in [-0.4, -0.2) is 47.7 Å². The van der Waals surface area contributed by atoms with Gasteiger partial charge in [-0.05, 0) is 73.8 Å². The normalized spacial score (nSPS) is 11.6. The molecule has 23 heavy (non-hydrogen) atoms. The lowest BCUT2D eigenvalue weighted by Gasteiger charge is -2.15. The van der Waals surface area contributed by atoms with Crippen LogP contribution in [0.25, 0.3) is 0 Å². The Morgan fingerprint density at radius 3 is 2.09 bits per heavy atom. The van der Waals surface area contributed by atoms with Gasteiger partial charge in [0.15, 0.2) is 6.10 Å². The zero-order valence-electron chi connectivity index (χ0n) is 11.6. The molecule has 0 aromatic heterocycles. The number of hydrogen-bond acceptors (Lipinski definition) is 5. The fourth-order valence-corrected chi connectivity index (χ4v) is 5.83. The molecule has 0 heterocycles. The fraction of sp³-hybridized carbons (Fsp3) is 0.250. The topological polar surface area (TPSA) is 128 Å². The number of carbonyl (C=O) groups excluding carboxylic acids is 3. The first-order valence-electron chi connectivity index (χ1n) is 6.03. The summed E-state index contributed by atoms with van der Waals surface area (Å²) in [5, 5.41) is 20.3. The highest BCUT2D eigenvalue weighted by molar-refractivity contribution is 14.1. The molecule has 1 rings (SSSR count). The van der Waals surface area contributed by atoms with Gasteiger partial charge in [0.2, 0.25) is 0 Å². The molecular weight excluding hydrogens is 647 g/mol. The number of halogens is 3. The van der Waals surface area contributed by atoms with Crippen LogP contribution in [0.5, 0.6) is 0 Å². The number of amides is 3. The van der Waals surface area contributed by atoms with Crippen molar-refractivity contribution < 1.29 is 24.6 Å². The summed E-state index contributed by atoms with van der Waals surface area (Å²) < 4.78 is 1.72. The van der Waals surface area contributed by atoms with Gasteiger partial charge in [0.1, 0.15) is 0 Å². The van der Waals surface area contributed by atoms with Crippen LogP contribution in [0.1, 0.15) is 20.7 Å². The molecule has 0 aliphatic heterocycles. The monoisotopic (exact) mass is 659 g/mol. The molecule has 8 nitrogen and oxygen atoms in total. The van der Waals surface area contributed by atoms with E-state index in [4.69, 9.17) is 10.2 Å². The van der Waals surface area contributed by atoms with Crippen LogP contribution >= 0.6 is 67.8 Å². The molecule has 1 atom stereocenters. The third-order valence-corrected chi connectivity index (χ3v) is 5.41. The molecule has 0 aliphatic rings. The molecule has 0 aliphatic carbocycles. The molecule has 0 radical (unpaired) electrons. The third kappa shape index (κ3) is 5.10. The number of nitrogens with one attached hydrogen (secondary N) is 3. The number of rotatable bonds is 4. The van der Waals surface area contributed by atoms with Crippen molar-refractivity contribution in [3.05, 3.63) is 27.9 Å². The van der Waals surface area contributed by atoms with Crippen LogP contribution in [0.2, 0.25) is 0 Å². The highest BCUT2D eigenvalue weighted by atomic mass is 127. The van der Waals surface area contributed by atoms with Crippen LogP contribution in [0.15, 0.2) is 6.07 Å². The zero-order chi connectivity index (χ0) is 17.7. The van der Waals surface area contributed by atoms with E-state index < -0.39 is 24.5 Å². The molecule has 11 heteroatoms. The van der Waals surface area contributed by atoms with Crippen molar-refractivity contribution >= 4 is 85.5 Å². The maximum atomic E-state index is 12.3. The number of benzene rings is 1. The lowest BCUT2D eigenvalue weighted by atomic mass is 10.1. The van der Waals surface area contributed by atoms with Crippen LogP contribution in [0, 0.1) is 10.7 Å². The van der Waals surface area contributed by atoms with Gasteiger partial charge in [-0.25, -0.2) is 0 Å². The SMILES string of the molecule is CNC(=O)c1c(I)cc(I)c(C(=O)NNC(=O)C(O)CO)c1I. The van der Waals surface area contributed by atoms with E-state index >= 15 is 0 Å². The Balaban J connectivity index is 3.10. The average Bonchev–Trinajstić information content (AvgIpc) is 2.50. The Bertz CT molecular complexity index is 653. The van der Waals surface area contributed by atoms with E-state index in [0.29, 0.717) is 16.3 Å². The van der Waals surface area contributed by atoms with Crippen molar-refractivity contribution in [3.63, 3.8) is 0 Å². The molecular formula is C12H12I3N3O5. The van der Waals surface area contributed by atoms with Crippen molar-refractivity contribution in [2.45, 2.75) is 6.10 Å². The summed E-state index contributed by atoms with van der Waals surface area (Å²) in [5.41, 5.74) is 4.74. The van der Waals surface area contributed by atoms with Gasteiger partial charge in [0.05, 0.1) is 17.7 Å². The first-order chi connectivity index (χ1) is 10.7. The van der Waals surface area contributed by atoms with Gasteiger partial charge in [-0.2, -0.15) is 0 Å². The number of carbonyl (C=O) groups is 3. The van der Waals surface area contributed by atoms with Gasteiger partial charge in [0.25, 0.3) is 17.7 Å². The predicted molar refractivity (Wildman–Crippen MR) is 107 cm³/mol. The van der Waals surface area contributed by atoms with Crippen molar-refractivity contribution in [2.24, 2.45) is 0 Å². The smallest absolute Gasteiger partial charge is 0.271 e. The number of hydrazine groups is 1. The largest absolute Gasteiger partial charge is 0.393 e. The van der Waals surface area contributed by atoms with Crippen molar-refractivity contribution in [2.75, 3.05) is 13.7 Å². The molecule has 126 valence electrons. The quantitative estimate of drug-likeness (QED) is 0.230. The van der Waals surface area contributed by atoms with Crippen molar-refractivity contribution in [3.8, 4) is 0 Å². The maximum Gasteiger partial charge on any atom is 0.271 e. The van der Waals surface area contributed by atoms with Crippen LogP contribution in [0.4, 0.5) is 0 Å². The van der Waals surface area contributed by atoms with E-state index in [0.717, 1.165) is 0 Å². The number of aliphatic hydroxyl groups is 2. The van der Waals surface area contributed by atoms with Crippen molar-refractivity contribution in [1.82, 2.24) is 16.2 Å². The number of hydrogen-bond donors (Lipinski definition) is 5. The van der Waals surface area contributed by atoms with Crippen LogP contribution < -0.4 is 16.2 Å². The van der Waals surface area contributed by atoms with E-state index in [-0.39, 0.29) is 11.5 Å². The maximum absolute atomic E-state index is 12.3. The summed E-state index contributed by atoms with van der Waals surface area (Å²) in [4.78, 5) is 35.6. The standard InChI is InChI=1S/C12H12I3N3O5/c1-16-11(22)7-4(13)2-5(14)8(9(7)15)12(23)18-17-10(21)6(20)3-19/h2,6,19-20H,3H2,1H3,(H,16,22)(H,17,21)(H,18,23). The van der Waals surface area contributed by atoms with E-state index in [1.807, 2.05) is 73.2 Å². The molecule has 1 unspecified atom stereocenters. The molecule has 5 N–H and O–H groups in total.